The van der Waals surface area contributed by atoms with Crippen molar-refractivity contribution in [2.45, 2.75) is 39.0 Å². The van der Waals surface area contributed by atoms with E-state index in [-0.39, 0.29) is 23.3 Å². The average molecular weight is 446 g/mol. The summed E-state index contributed by atoms with van der Waals surface area (Å²) in [6.45, 7) is 8.48. The molecule has 7 nitrogen and oxygen atoms in total. The van der Waals surface area contributed by atoms with Gasteiger partial charge in [0.15, 0.2) is 0 Å². The predicted molar refractivity (Wildman–Crippen MR) is 123 cm³/mol. The van der Waals surface area contributed by atoms with Crippen LogP contribution < -0.4 is 5.32 Å². The summed E-state index contributed by atoms with van der Waals surface area (Å²) in [5.41, 5.74) is 1.99. The highest BCUT2D eigenvalue weighted by Gasteiger charge is 2.23. The number of hydrogen-bond acceptors (Lipinski definition) is 4. The van der Waals surface area contributed by atoms with Crippen LogP contribution in [0.3, 0.4) is 0 Å². The van der Waals surface area contributed by atoms with Crippen LogP contribution in [0.5, 0.6) is 0 Å². The van der Waals surface area contributed by atoms with Crippen LogP contribution in [-0.2, 0) is 14.8 Å². The van der Waals surface area contributed by atoms with Crippen molar-refractivity contribution >= 4 is 27.5 Å². The van der Waals surface area contributed by atoms with Gasteiger partial charge < -0.3 is 10.2 Å². The number of carbonyl (C=O) groups is 2. The zero-order valence-electron chi connectivity index (χ0n) is 18.6. The summed E-state index contributed by atoms with van der Waals surface area (Å²) in [4.78, 5) is 27.1. The van der Waals surface area contributed by atoms with Crippen LogP contribution in [0.25, 0.3) is 0 Å². The molecule has 0 unspecified atom stereocenters. The molecular weight excluding hydrogens is 414 g/mol. The van der Waals surface area contributed by atoms with Crippen molar-refractivity contribution in [3.8, 4) is 0 Å². The van der Waals surface area contributed by atoms with Crippen LogP contribution in [0.4, 0.5) is 5.69 Å². The van der Waals surface area contributed by atoms with Crippen LogP contribution in [0.15, 0.2) is 53.4 Å². The van der Waals surface area contributed by atoms with Gasteiger partial charge in [0, 0.05) is 30.9 Å². The van der Waals surface area contributed by atoms with Crippen LogP contribution in [0.1, 0.15) is 43.1 Å². The number of para-hydroxylation sites is 1. The molecule has 168 valence electrons. The Hall–Kier alpha value is -2.71. The Kier molecular flexibility index (Phi) is 8.76. The number of nitrogens with one attached hydrogen (secondary N) is 1. The highest BCUT2D eigenvalue weighted by Crippen LogP contribution is 2.18. The molecule has 2 aromatic rings. The van der Waals surface area contributed by atoms with Crippen molar-refractivity contribution in [2.75, 3.05) is 31.5 Å². The molecule has 0 atom stereocenters. The number of carbonyl (C=O) groups excluding carboxylic acids is 2. The van der Waals surface area contributed by atoms with Gasteiger partial charge in [0.25, 0.3) is 5.91 Å². The highest BCUT2D eigenvalue weighted by molar-refractivity contribution is 7.89. The molecule has 0 aliphatic rings. The summed E-state index contributed by atoms with van der Waals surface area (Å²) in [5.74, 6) is -0.592. The van der Waals surface area contributed by atoms with Crippen LogP contribution in [0, 0.1) is 6.92 Å². The fourth-order valence-electron chi connectivity index (χ4n) is 3.26. The monoisotopic (exact) mass is 445 g/mol. The van der Waals surface area contributed by atoms with Crippen molar-refractivity contribution < 1.29 is 18.0 Å². The quantitative estimate of drug-likeness (QED) is 0.606. The van der Waals surface area contributed by atoms with E-state index in [1.807, 2.05) is 38.1 Å². The van der Waals surface area contributed by atoms with E-state index in [1.54, 1.807) is 13.8 Å². The minimum absolute atomic E-state index is 0.0828. The summed E-state index contributed by atoms with van der Waals surface area (Å²) in [7, 11) is -3.59. The lowest BCUT2D eigenvalue weighted by atomic mass is 10.2. The topological polar surface area (TPSA) is 86.8 Å². The molecule has 2 aromatic carbocycles. The third-order valence-electron chi connectivity index (χ3n) is 4.98. The molecule has 0 saturated heterocycles. The molecule has 0 aromatic heterocycles. The molecule has 0 spiro atoms. The zero-order chi connectivity index (χ0) is 23.0. The molecule has 1 N–H and O–H groups in total. The SMILES string of the molecule is CCCN(CC(=O)Nc1ccccc1C)C(=O)c1ccc(S(=O)(=O)N(CC)CC)cc1. The molecule has 0 aliphatic heterocycles. The van der Waals surface area contributed by atoms with Crippen molar-refractivity contribution in [3.05, 3.63) is 59.7 Å². The first-order chi connectivity index (χ1) is 14.7. The van der Waals surface area contributed by atoms with E-state index < -0.39 is 10.0 Å². The second kappa shape index (κ2) is 11.1. The molecular formula is C23H31N3O4S. The Bertz CT molecular complexity index is 1000. The molecule has 0 bridgehead atoms. The molecule has 0 aliphatic carbocycles. The third kappa shape index (κ3) is 6.15. The lowest BCUT2D eigenvalue weighted by molar-refractivity contribution is -0.116. The van der Waals surface area contributed by atoms with Crippen molar-refractivity contribution in [1.29, 1.82) is 0 Å². The van der Waals surface area contributed by atoms with Gasteiger partial charge in [-0.3, -0.25) is 9.59 Å². The maximum atomic E-state index is 13.0. The Morgan fingerprint density at radius 1 is 0.935 bits per heavy atom. The number of anilines is 1. The number of rotatable bonds is 10. The fourth-order valence-corrected chi connectivity index (χ4v) is 4.72. The standard InChI is InChI=1S/C23H31N3O4S/c1-5-16-25(17-22(27)24-21-11-9-8-10-18(21)4)23(28)19-12-14-20(15-13-19)31(29,30)26(6-2)7-3/h8-15H,5-7,16-17H2,1-4H3,(H,24,27). The first-order valence-corrected chi connectivity index (χ1v) is 11.9. The summed E-state index contributed by atoms with van der Waals surface area (Å²) >= 11 is 0. The summed E-state index contributed by atoms with van der Waals surface area (Å²) < 4.78 is 26.6. The Balaban J connectivity index is 2.16. The van der Waals surface area contributed by atoms with Crippen molar-refractivity contribution in [1.82, 2.24) is 9.21 Å². The van der Waals surface area contributed by atoms with Gasteiger partial charge >= 0.3 is 0 Å². The van der Waals surface area contributed by atoms with E-state index in [1.165, 1.54) is 33.5 Å². The Morgan fingerprint density at radius 3 is 2.10 bits per heavy atom. The largest absolute Gasteiger partial charge is 0.329 e. The second-order valence-electron chi connectivity index (χ2n) is 7.20. The van der Waals surface area contributed by atoms with Gasteiger partial charge in [-0.2, -0.15) is 4.31 Å². The minimum atomic E-state index is -3.59. The second-order valence-corrected chi connectivity index (χ2v) is 9.14. The van der Waals surface area contributed by atoms with Gasteiger partial charge in [0.2, 0.25) is 15.9 Å². The van der Waals surface area contributed by atoms with E-state index >= 15 is 0 Å². The van der Waals surface area contributed by atoms with E-state index in [4.69, 9.17) is 0 Å². The summed E-state index contributed by atoms with van der Waals surface area (Å²) in [6, 6.07) is 13.3. The lowest BCUT2D eigenvalue weighted by Crippen LogP contribution is -2.38. The maximum Gasteiger partial charge on any atom is 0.254 e. The lowest BCUT2D eigenvalue weighted by Gasteiger charge is -2.22. The average Bonchev–Trinajstić information content (AvgIpc) is 2.75. The highest BCUT2D eigenvalue weighted by atomic mass is 32.2. The van der Waals surface area contributed by atoms with Crippen LogP contribution >= 0.6 is 0 Å². The minimum Gasteiger partial charge on any atom is -0.329 e. The normalized spacial score (nSPS) is 11.4. The first-order valence-electron chi connectivity index (χ1n) is 10.5. The van der Waals surface area contributed by atoms with Crippen LogP contribution in [-0.4, -0.2) is 55.6 Å². The van der Waals surface area contributed by atoms with Crippen molar-refractivity contribution in [3.63, 3.8) is 0 Å². The van der Waals surface area contributed by atoms with E-state index in [2.05, 4.69) is 5.32 Å². The van der Waals surface area contributed by atoms with E-state index in [9.17, 15) is 18.0 Å². The fraction of sp³-hybridized carbons (Fsp3) is 0.391. The number of amides is 2. The van der Waals surface area contributed by atoms with Gasteiger partial charge in [0.1, 0.15) is 6.54 Å². The van der Waals surface area contributed by atoms with Gasteiger partial charge in [-0.05, 0) is 49.2 Å². The maximum absolute atomic E-state index is 13.0. The smallest absolute Gasteiger partial charge is 0.254 e. The number of sulfonamides is 1. The molecule has 0 fully saturated rings. The molecule has 2 rings (SSSR count). The molecule has 0 heterocycles. The third-order valence-corrected chi connectivity index (χ3v) is 7.04. The van der Waals surface area contributed by atoms with Crippen LogP contribution in [0.2, 0.25) is 0 Å². The number of nitrogens with zero attached hydrogens (tertiary/aromatic N) is 2. The van der Waals surface area contributed by atoms with Gasteiger partial charge in [0.05, 0.1) is 4.90 Å². The molecule has 0 saturated carbocycles. The van der Waals surface area contributed by atoms with E-state index in [0.29, 0.717) is 37.3 Å². The summed E-state index contributed by atoms with van der Waals surface area (Å²) in [5, 5.41) is 2.84. The number of aryl methyl sites for hydroxylation is 1. The van der Waals surface area contributed by atoms with Crippen molar-refractivity contribution in [2.24, 2.45) is 0 Å². The predicted octanol–water partition coefficient (Wildman–Crippen LogP) is 3.52. The Morgan fingerprint density at radius 2 is 1.55 bits per heavy atom. The number of hydrogen-bond donors (Lipinski definition) is 1. The van der Waals surface area contributed by atoms with Gasteiger partial charge in [-0.15, -0.1) is 0 Å². The summed E-state index contributed by atoms with van der Waals surface area (Å²) in [6.07, 6.45) is 0.692. The Labute approximate surface area is 185 Å². The molecule has 31 heavy (non-hydrogen) atoms. The number of benzene rings is 2. The molecule has 8 heteroatoms. The molecule has 0 radical (unpaired) electrons. The van der Waals surface area contributed by atoms with Gasteiger partial charge in [-0.25, -0.2) is 8.42 Å². The van der Waals surface area contributed by atoms with E-state index in [0.717, 1.165) is 5.56 Å². The first kappa shape index (κ1) is 24.6. The molecule has 2 amide bonds. The van der Waals surface area contributed by atoms with Gasteiger partial charge in [-0.1, -0.05) is 39.0 Å². The zero-order valence-corrected chi connectivity index (χ0v) is 19.4.